The Labute approximate surface area is 127 Å². The second-order valence-electron chi connectivity index (χ2n) is 6.17. The van der Waals surface area contributed by atoms with Gasteiger partial charge in [0.05, 0.1) is 0 Å². The number of halogens is 1. The second-order valence-corrected chi connectivity index (χ2v) is 6.17. The van der Waals surface area contributed by atoms with Gasteiger partial charge in [0, 0.05) is 50.0 Å². The lowest BCUT2D eigenvalue weighted by molar-refractivity contribution is 0.248. The minimum atomic E-state index is -0.0827. The van der Waals surface area contributed by atoms with Crippen LogP contribution in [0.2, 0.25) is 0 Å². The SMILES string of the molecule is CCCNCc1c(F)cccc1N1CCN(C2CC2)CC1. The maximum absolute atomic E-state index is 14.2. The Balaban J connectivity index is 1.67. The Morgan fingerprint density at radius 2 is 1.95 bits per heavy atom. The Morgan fingerprint density at radius 3 is 2.62 bits per heavy atom. The summed E-state index contributed by atoms with van der Waals surface area (Å²) >= 11 is 0. The summed E-state index contributed by atoms with van der Waals surface area (Å²) in [6.07, 6.45) is 3.81. The van der Waals surface area contributed by atoms with Crippen LogP contribution in [0.25, 0.3) is 0 Å². The van der Waals surface area contributed by atoms with Crippen LogP contribution in [0.15, 0.2) is 18.2 Å². The Morgan fingerprint density at radius 1 is 1.19 bits per heavy atom. The first-order chi connectivity index (χ1) is 10.3. The first kappa shape index (κ1) is 14.8. The Hall–Kier alpha value is -1.13. The molecule has 116 valence electrons. The van der Waals surface area contributed by atoms with Gasteiger partial charge in [0.2, 0.25) is 0 Å². The van der Waals surface area contributed by atoms with Gasteiger partial charge in [-0.3, -0.25) is 4.90 Å². The summed E-state index contributed by atoms with van der Waals surface area (Å²) in [4.78, 5) is 4.94. The average Bonchev–Trinajstić information content (AvgIpc) is 3.34. The maximum atomic E-state index is 14.2. The molecule has 21 heavy (non-hydrogen) atoms. The fraction of sp³-hybridized carbons (Fsp3) is 0.647. The molecular formula is C17H26FN3. The molecule has 1 saturated heterocycles. The molecule has 2 aliphatic rings. The third kappa shape index (κ3) is 3.55. The number of rotatable bonds is 6. The molecule has 0 aromatic heterocycles. The van der Waals surface area contributed by atoms with E-state index in [4.69, 9.17) is 0 Å². The quantitative estimate of drug-likeness (QED) is 0.813. The minimum Gasteiger partial charge on any atom is -0.369 e. The van der Waals surface area contributed by atoms with Gasteiger partial charge in [0.15, 0.2) is 0 Å². The summed E-state index contributed by atoms with van der Waals surface area (Å²) in [6, 6.07) is 6.32. The van der Waals surface area contributed by atoms with E-state index in [2.05, 4.69) is 28.1 Å². The molecule has 0 bridgehead atoms. The first-order valence-electron chi connectivity index (χ1n) is 8.26. The molecule has 1 aromatic carbocycles. The zero-order valence-electron chi connectivity index (χ0n) is 12.9. The highest BCUT2D eigenvalue weighted by molar-refractivity contribution is 5.54. The normalized spacial score (nSPS) is 20.0. The van der Waals surface area contributed by atoms with Crippen LogP contribution >= 0.6 is 0 Å². The van der Waals surface area contributed by atoms with Crippen molar-refractivity contribution in [1.82, 2.24) is 10.2 Å². The van der Waals surface area contributed by atoms with Gasteiger partial charge in [-0.25, -0.2) is 4.39 Å². The highest BCUT2D eigenvalue weighted by atomic mass is 19.1. The summed E-state index contributed by atoms with van der Waals surface area (Å²) < 4.78 is 14.2. The van der Waals surface area contributed by atoms with E-state index in [-0.39, 0.29) is 5.82 Å². The minimum absolute atomic E-state index is 0.0827. The van der Waals surface area contributed by atoms with E-state index < -0.39 is 0 Å². The van der Waals surface area contributed by atoms with Gasteiger partial charge in [-0.2, -0.15) is 0 Å². The number of nitrogens with one attached hydrogen (secondary N) is 1. The molecule has 0 spiro atoms. The average molecular weight is 291 g/mol. The maximum Gasteiger partial charge on any atom is 0.129 e. The number of hydrogen-bond donors (Lipinski definition) is 1. The summed E-state index contributed by atoms with van der Waals surface area (Å²) in [7, 11) is 0. The van der Waals surface area contributed by atoms with Crippen molar-refractivity contribution in [2.75, 3.05) is 37.6 Å². The fourth-order valence-electron chi connectivity index (χ4n) is 3.18. The van der Waals surface area contributed by atoms with Crippen LogP contribution in [0.3, 0.4) is 0 Å². The highest BCUT2D eigenvalue weighted by Gasteiger charge is 2.31. The van der Waals surface area contributed by atoms with E-state index in [9.17, 15) is 4.39 Å². The molecule has 1 aromatic rings. The fourth-order valence-corrected chi connectivity index (χ4v) is 3.18. The van der Waals surface area contributed by atoms with Gasteiger partial charge in [-0.1, -0.05) is 13.0 Å². The number of piperazine rings is 1. The van der Waals surface area contributed by atoms with Crippen molar-refractivity contribution in [3.05, 3.63) is 29.6 Å². The van der Waals surface area contributed by atoms with Gasteiger partial charge in [-0.15, -0.1) is 0 Å². The number of hydrogen-bond acceptors (Lipinski definition) is 3. The van der Waals surface area contributed by atoms with Gasteiger partial charge in [0.1, 0.15) is 5.82 Å². The molecule has 1 N–H and O–H groups in total. The van der Waals surface area contributed by atoms with Crippen molar-refractivity contribution in [1.29, 1.82) is 0 Å². The highest BCUT2D eigenvalue weighted by Crippen LogP contribution is 2.30. The van der Waals surface area contributed by atoms with E-state index in [1.807, 2.05) is 6.07 Å². The molecule has 4 heteroatoms. The first-order valence-corrected chi connectivity index (χ1v) is 8.26. The predicted octanol–water partition coefficient (Wildman–Crippen LogP) is 2.61. The molecule has 3 rings (SSSR count). The Bertz CT molecular complexity index is 465. The van der Waals surface area contributed by atoms with Gasteiger partial charge in [-0.05, 0) is 37.9 Å². The monoisotopic (exact) mass is 291 g/mol. The summed E-state index contributed by atoms with van der Waals surface area (Å²) in [5.41, 5.74) is 1.90. The second kappa shape index (κ2) is 6.75. The predicted molar refractivity (Wildman–Crippen MR) is 85.2 cm³/mol. The molecule has 3 nitrogen and oxygen atoms in total. The van der Waals surface area contributed by atoms with Crippen LogP contribution < -0.4 is 10.2 Å². The Kier molecular flexibility index (Phi) is 4.76. The number of nitrogens with zero attached hydrogens (tertiary/aromatic N) is 2. The molecule has 0 atom stereocenters. The number of benzene rings is 1. The van der Waals surface area contributed by atoms with Crippen molar-refractivity contribution in [3.63, 3.8) is 0 Å². The van der Waals surface area contributed by atoms with E-state index in [0.717, 1.165) is 56.4 Å². The summed E-state index contributed by atoms with van der Waals surface area (Å²) in [5, 5.41) is 3.33. The molecule has 0 unspecified atom stereocenters. The van der Waals surface area contributed by atoms with Crippen molar-refractivity contribution < 1.29 is 4.39 Å². The van der Waals surface area contributed by atoms with E-state index >= 15 is 0 Å². The van der Waals surface area contributed by atoms with E-state index in [1.165, 1.54) is 12.8 Å². The zero-order chi connectivity index (χ0) is 14.7. The zero-order valence-corrected chi connectivity index (χ0v) is 12.9. The third-order valence-corrected chi connectivity index (χ3v) is 4.54. The molecule has 1 heterocycles. The third-order valence-electron chi connectivity index (χ3n) is 4.54. The lowest BCUT2D eigenvalue weighted by atomic mass is 10.1. The largest absolute Gasteiger partial charge is 0.369 e. The molecule has 0 radical (unpaired) electrons. The van der Waals surface area contributed by atoms with Crippen molar-refractivity contribution in [3.8, 4) is 0 Å². The molecule has 1 saturated carbocycles. The van der Waals surface area contributed by atoms with E-state index in [0.29, 0.717) is 6.54 Å². The smallest absolute Gasteiger partial charge is 0.129 e. The van der Waals surface area contributed by atoms with Crippen molar-refractivity contribution >= 4 is 5.69 Å². The van der Waals surface area contributed by atoms with Crippen LogP contribution in [-0.2, 0) is 6.54 Å². The van der Waals surface area contributed by atoms with Gasteiger partial charge in [0.25, 0.3) is 0 Å². The topological polar surface area (TPSA) is 18.5 Å². The van der Waals surface area contributed by atoms with Gasteiger partial charge >= 0.3 is 0 Å². The summed E-state index contributed by atoms with van der Waals surface area (Å²) in [6.45, 7) is 7.95. The molecule has 1 aliphatic heterocycles. The van der Waals surface area contributed by atoms with E-state index in [1.54, 1.807) is 6.07 Å². The van der Waals surface area contributed by atoms with Crippen LogP contribution in [0.1, 0.15) is 31.7 Å². The van der Waals surface area contributed by atoms with Crippen molar-refractivity contribution in [2.24, 2.45) is 0 Å². The molecule has 1 aliphatic carbocycles. The summed E-state index contributed by atoms with van der Waals surface area (Å²) in [5.74, 6) is -0.0827. The molecular weight excluding hydrogens is 265 g/mol. The lowest BCUT2D eigenvalue weighted by Crippen LogP contribution is -2.47. The van der Waals surface area contributed by atoms with Crippen LogP contribution in [0.4, 0.5) is 10.1 Å². The molecule has 2 fully saturated rings. The van der Waals surface area contributed by atoms with Crippen LogP contribution in [-0.4, -0.2) is 43.7 Å². The number of anilines is 1. The van der Waals surface area contributed by atoms with Crippen LogP contribution in [0, 0.1) is 5.82 Å². The van der Waals surface area contributed by atoms with Gasteiger partial charge < -0.3 is 10.2 Å². The molecule has 0 amide bonds. The standard InChI is InChI=1S/C17H26FN3/c1-2-8-19-13-15-16(18)4-3-5-17(15)21-11-9-20(10-12-21)14-6-7-14/h3-5,14,19H,2,6-13H2,1H3. The van der Waals surface area contributed by atoms with Crippen LogP contribution in [0.5, 0.6) is 0 Å². The van der Waals surface area contributed by atoms with Crippen molar-refractivity contribution in [2.45, 2.75) is 38.8 Å². The lowest BCUT2D eigenvalue weighted by Gasteiger charge is -2.37.